The Kier molecular flexibility index (Phi) is 3.92. The van der Waals surface area contributed by atoms with E-state index in [2.05, 4.69) is 15.5 Å². The number of benzene rings is 1. The van der Waals surface area contributed by atoms with Crippen LogP contribution in [0.5, 0.6) is 0 Å². The van der Waals surface area contributed by atoms with E-state index >= 15 is 0 Å². The van der Waals surface area contributed by atoms with Gasteiger partial charge in [-0.1, -0.05) is 18.2 Å². The molecule has 19 heavy (non-hydrogen) atoms. The molecule has 0 aliphatic rings. The zero-order valence-corrected chi connectivity index (χ0v) is 10.1. The topological polar surface area (TPSA) is 95.1 Å². The largest absolute Gasteiger partial charge is 0.481 e. The van der Waals surface area contributed by atoms with Crippen LogP contribution in [0.25, 0.3) is 0 Å². The van der Waals surface area contributed by atoms with Crippen LogP contribution >= 0.6 is 0 Å². The Morgan fingerprint density at radius 1 is 1.21 bits per heavy atom. The van der Waals surface area contributed by atoms with Gasteiger partial charge in [0.2, 0.25) is 5.91 Å². The minimum atomic E-state index is -0.935. The number of amides is 1. The number of aromatic amines is 1. The Hall–Kier alpha value is -2.63. The summed E-state index contributed by atoms with van der Waals surface area (Å²) in [5.74, 6) is -1.16. The zero-order valence-electron chi connectivity index (χ0n) is 10.1. The van der Waals surface area contributed by atoms with Crippen molar-refractivity contribution in [1.82, 2.24) is 10.2 Å². The third-order valence-corrected chi connectivity index (χ3v) is 2.54. The molecular weight excluding hydrogens is 246 g/mol. The molecule has 0 fully saturated rings. The van der Waals surface area contributed by atoms with Crippen molar-refractivity contribution in [2.45, 2.75) is 12.8 Å². The predicted molar refractivity (Wildman–Crippen MR) is 68.7 cm³/mol. The lowest BCUT2D eigenvalue weighted by Gasteiger charge is -2.09. The van der Waals surface area contributed by atoms with Crippen LogP contribution in [0.4, 0.5) is 5.69 Å². The summed E-state index contributed by atoms with van der Waals surface area (Å²) in [6.45, 7) is 0. The molecular formula is C13H13N3O3. The first-order valence-electron chi connectivity index (χ1n) is 5.73. The summed E-state index contributed by atoms with van der Waals surface area (Å²) in [5, 5.41) is 18.0. The van der Waals surface area contributed by atoms with E-state index in [1.165, 1.54) is 0 Å². The molecule has 2 aromatic rings. The molecule has 0 unspecified atom stereocenters. The van der Waals surface area contributed by atoms with Crippen LogP contribution in [0, 0.1) is 0 Å². The summed E-state index contributed by atoms with van der Waals surface area (Å²) in [6.07, 6.45) is 1.61. The number of hydrogen-bond donors (Lipinski definition) is 3. The van der Waals surface area contributed by atoms with Gasteiger partial charge in [-0.25, -0.2) is 0 Å². The molecule has 0 aliphatic heterocycles. The third kappa shape index (κ3) is 3.67. The van der Waals surface area contributed by atoms with Gasteiger partial charge < -0.3 is 10.4 Å². The van der Waals surface area contributed by atoms with E-state index in [4.69, 9.17) is 5.11 Å². The Morgan fingerprint density at radius 3 is 2.68 bits per heavy atom. The molecule has 3 N–H and O–H groups in total. The number of carbonyl (C=O) groups is 2. The van der Waals surface area contributed by atoms with Gasteiger partial charge in [0.05, 0.1) is 12.8 Å². The van der Waals surface area contributed by atoms with Gasteiger partial charge >= 0.3 is 5.97 Å². The van der Waals surface area contributed by atoms with E-state index in [-0.39, 0.29) is 18.7 Å². The number of nitrogens with zero attached hydrogens (tertiary/aromatic N) is 1. The Labute approximate surface area is 109 Å². The lowest BCUT2D eigenvalue weighted by Crippen LogP contribution is -2.16. The van der Waals surface area contributed by atoms with Gasteiger partial charge in [0.25, 0.3) is 0 Å². The van der Waals surface area contributed by atoms with E-state index in [1.807, 2.05) is 0 Å². The van der Waals surface area contributed by atoms with Gasteiger partial charge in [0, 0.05) is 17.6 Å². The highest BCUT2D eigenvalue weighted by molar-refractivity contribution is 5.93. The maximum Gasteiger partial charge on any atom is 0.307 e. The molecule has 1 aromatic carbocycles. The first kappa shape index (κ1) is 12.8. The molecule has 0 saturated heterocycles. The van der Waals surface area contributed by atoms with Crippen LogP contribution in [0.1, 0.15) is 11.3 Å². The smallest absolute Gasteiger partial charge is 0.307 e. The number of nitrogens with one attached hydrogen (secondary N) is 2. The number of carbonyl (C=O) groups excluding carboxylic acids is 1. The lowest BCUT2D eigenvalue weighted by molar-refractivity contribution is -0.136. The fourth-order valence-electron chi connectivity index (χ4n) is 1.71. The quantitative estimate of drug-likeness (QED) is 0.752. The highest BCUT2D eigenvalue weighted by atomic mass is 16.4. The summed E-state index contributed by atoms with van der Waals surface area (Å²) in [5.41, 5.74) is 1.80. The molecule has 0 atom stereocenters. The SMILES string of the molecule is O=C(O)Cc1ccccc1NC(=O)Cc1ccn[nH]1. The number of rotatable bonds is 5. The van der Waals surface area contributed by atoms with Gasteiger partial charge in [0.1, 0.15) is 0 Å². The Bertz CT molecular complexity index is 579. The second-order valence-electron chi connectivity index (χ2n) is 4.03. The van der Waals surface area contributed by atoms with E-state index in [0.717, 1.165) is 0 Å². The molecule has 0 bridgehead atoms. The van der Waals surface area contributed by atoms with Crippen molar-refractivity contribution in [3.05, 3.63) is 47.8 Å². The molecule has 1 amide bonds. The number of hydrogen-bond acceptors (Lipinski definition) is 3. The van der Waals surface area contributed by atoms with E-state index in [1.54, 1.807) is 36.5 Å². The van der Waals surface area contributed by atoms with E-state index < -0.39 is 5.97 Å². The van der Waals surface area contributed by atoms with Crippen molar-refractivity contribution in [2.75, 3.05) is 5.32 Å². The standard InChI is InChI=1S/C13H13N3O3/c17-12(8-10-5-6-14-16-10)15-11-4-2-1-3-9(11)7-13(18)19/h1-6H,7-8H2,(H,14,16)(H,15,17)(H,18,19). The van der Waals surface area contributed by atoms with Crippen molar-refractivity contribution in [3.63, 3.8) is 0 Å². The van der Waals surface area contributed by atoms with Crippen LogP contribution in [-0.2, 0) is 22.4 Å². The maximum atomic E-state index is 11.8. The average molecular weight is 259 g/mol. The number of carboxylic acid groups (broad SMARTS) is 1. The average Bonchev–Trinajstić information content (AvgIpc) is 2.83. The van der Waals surface area contributed by atoms with Crippen molar-refractivity contribution in [1.29, 1.82) is 0 Å². The summed E-state index contributed by atoms with van der Waals surface area (Å²) in [4.78, 5) is 22.5. The van der Waals surface area contributed by atoms with Crippen molar-refractivity contribution < 1.29 is 14.7 Å². The number of carboxylic acids is 1. The number of anilines is 1. The van der Waals surface area contributed by atoms with Crippen molar-refractivity contribution >= 4 is 17.6 Å². The minimum Gasteiger partial charge on any atom is -0.481 e. The summed E-state index contributed by atoms with van der Waals surface area (Å²) < 4.78 is 0. The molecule has 98 valence electrons. The first-order chi connectivity index (χ1) is 9.15. The number of aliphatic carboxylic acids is 1. The summed E-state index contributed by atoms with van der Waals surface area (Å²) >= 11 is 0. The van der Waals surface area contributed by atoms with Gasteiger partial charge in [-0.2, -0.15) is 5.10 Å². The molecule has 0 aliphatic carbocycles. The van der Waals surface area contributed by atoms with Gasteiger partial charge in [0.15, 0.2) is 0 Å². The van der Waals surface area contributed by atoms with Gasteiger partial charge in [-0.15, -0.1) is 0 Å². The molecule has 6 nitrogen and oxygen atoms in total. The van der Waals surface area contributed by atoms with Gasteiger partial charge in [-0.3, -0.25) is 14.7 Å². The molecule has 0 saturated carbocycles. The predicted octanol–water partition coefficient (Wildman–Crippen LogP) is 1.22. The van der Waals surface area contributed by atoms with Crippen molar-refractivity contribution in [2.24, 2.45) is 0 Å². The highest BCUT2D eigenvalue weighted by Crippen LogP contribution is 2.16. The molecule has 0 spiro atoms. The number of para-hydroxylation sites is 1. The normalized spacial score (nSPS) is 10.1. The molecule has 6 heteroatoms. The second-order valence-corrected chi connectivity index (χ2v) is 4.03. The third-order valence-electron chi connectivity index (χ3n) is 2.54. The van der Waals surface area contributed by atoms with Crippen molar-refractivity contribution in [3.8, 4) is 0 Å². The van der Waals surface area contributed by atoms with Crippen LogP contribution in [0.3, 0.4) is 0 Å². The van der Waals surface area contributed by atoms with Crippen LogP contribution in [0.15, 0.2) is 36.5 Å². The van der Waals surface area contributed by atoms with E-state index in [0.29, 0.717) is 16.9 Å². The first-order valence-corrected chi connectivity index (χ1v) is 5.73. The lowest BCUT2D eigenvalue weighted by atomic mass is 10.1. The molecule has 0 radical (unpaired) electrons. The van der Waals surface area contributed by atoms with Crippen LogP contribution in [-0.4, -0.2) is 27.2 Å². The fraction of sp³-hybridized carbons (Fsp3) is 0.154. The molecule has 2 rings (SSSR count). The Morgan fingerprint density at radius 2 is 2.00 bits per heavy atom. The second kappa shape index (κ2) is 5.81. The molecule has 1 heterocycles. The summed E-state index contributed by atoms with van der Waals surface area (Å²) in [6, 6.07) is 8.56. The van der Waals surface area contributed by atoms with Gasteiger partial charge in [-0.05, 0) is 17.7 Å². The van der Waals surface area contributed by atoms with E-state index in [9.17, 15) is 9.59 Å². The Balaban J connectivity index is 2.06. The number of H-pyrrole nitrogens is 1. The molecule has 1 aromatic heterocycles. The maximum absolute atomic E-state index is 11.8. The minimum absolute atomic E-state index is 0.124. The fourth-order valence-corrected chi connectivity index (χ4v) is 1.71. The zero-order chi connectivity index (χ0) is 13.7. The van der Waals surface area contributed by atoms with Crippen LogP contribution < -0.4 is 5.32 Å². The monoisotopic (exact) mass is 259 g/mol. The number of aromatic nitrogens is 2. The summed E-state index contributed by atoms with van der Waals surface area (Å²) in [7, 11) is 0. The highest BCUT2D eigenvalue weighted by Gasteiger charge is 2.10. The van der Waals surface area contributed by atoms with Crippen LogP contribution in [0.2, 0.25) is 0 Å².